The van der Waals surface area contributed by atoms with Crippen LogP contribution in [0.1, 0.15) is 29.5 Å². The van der Waals surface area contributed by atoms with Crippen molar-refractivity contribution in [1.82, 2.24) is 29.6 Å². The van der Waals surface area contributed by atoms with E-state index in [1.165, 1.54) is 4.90 Å². The Balaban J connectivity index is 1.77. The number of aryl methyl sites for hydroxylation is 2. The highest BCUT2D eigenvalue weighted by Crippen LogP contribution is 2.29. The first kappa shape index (κ1) is 21.3. The molecule has 8 nitrogen and oxygen atoms in total. The Morgan fingerprint density at radius 2 is 1.93 bits per heavy atom. The lowest BCUT2D eigenvalue weighted by molar-refractivity contribution is -0.148. The molecule has 0 fully saturated rings. The van der Waals surface area contributed by atoms with Crippen LogP contribution in [0, 0.1) is 13.8 Å². The van der Waals surface area contributed by atoms with Crippen LogP contribution in [-0.4, -0.2) is 60.1 Å². The highest BCUT2D eigenvalue weighted by molar-refractivity contribution is 7.98. The molecule has 0 aromatic carbocycles. The molecule has 1 atom stereocenters. The molecule has 1 aliphatic rings. The first-order valence-electron chi connectivity index (χ1n) is 9.05. The Hall–Kier alpha value is -2.37. The third kappa shape index (κ3) is 4.98. The van der Waals surface area contributed by atoms with Gasteiger partial charge in [0, 0.05) is 24.5 Å². The van der Waals surface area contributed by atoms with Crippen molar-refractivity contribution in [1.29, 1.82) is 0 Å². The van der Waals surface area contributed by atoms with Crippen molar-refractivity contribution < 1.29 is 18.0 Å². The van der Waals surface area contributed by atoms with Gasteiger partial charge in [-0.1, -0.05) is 0 Å². The van der Waals surface area contributed by atoms with Gasteiger partial charge in [0.15, 0.2) is 5.82 Å². The number of aromatic nitrogens is 5. The highest BCUT2D eigenvalue weighted by atomic mass is 32.2. The van der Waals surface area contributed by atoms with Crippen LogP contribution in [0.5, 0.6) is 0 Å². The van der Waals surface area contributed by atoms with Crippen molar-refractivity contribution in [3.8, 4) is 0 Å². The number of hydrogen-bond donors (Lipinski definition) is 1. The molecule has 2 aromatic heterocycles. The summed E-state index contributed by atoms with van der Waals surface area (Å²) in [7, 11) is 0. The maximum absolute atomic E-state index is 13.1. The summed E-state index contributed by atoms with van der Waals surface area (Å²) < 4.78 is 40.1. The van der Waals surface area contributed by atoms with E-state index in [2.05, 4.69) is 25.5 Å². The van der Waals surface area contributed by atoms with E-state index in [4.69, 9.17) is 0 Å². The summed E-state index contributed by atoms with van der Waals surface area (Å²) in [5.74, 6) is -0.0224. The first-order valence-corrected chi connectivity index (χ1v) is 10.4. The van der Waals surface area contributed by atoms with E-state index in [1.807, 2.05) is 26.2 Å². The molecule has 0 radical (unpaired) electrons. The van der Waals surface area contributed by atoms with Crippen LogP contribution in [0.3, 0.4) is 0 Å². The van der Waals surface area contributed by atoms with Gasteiger partial charge in [-0.05, 0) is 38.3 Å². The van der Waals surface area contributed by atoms with E-state index in [-0.39, 0.29) is 31.4 Å². The third-order valence-corrected chi connectivity index (χ3v) is 5.16. The normalized spacial score (nSPS) is 15.2. The number of halogens is 3. The van der Waals surface area contributed by atoms with Crippen molar-refractivity contribution in [3.63, 3.8) is 0 Å². The fourth-order valence-corrected chi connectivity index (χ4v) is 3.69. The second kappa shape index (κ2) is 8.56. The summed E-state index contributed by atoms with van der Waals surface area (Å²) in [6, 6.07) is 1.25. The Morgan fingerprint density at radius 1 is 1.24 bits per heavy atom. The molecular weight excluding hydrogens is 407 g/mol. The zero-order chi connectivity index (χ0) is 21.2. The summed E-state index contributed by atoms with van der Waals surface area (Å²) in [6.07, 6.45) is -2.09. The topological polar surface area (TPSA) is 88.8 Å². The summed E-state index contributed by atoms with van der Waals surface area (Å²) in [4.78, 5) is 23.3. The smallest absolute Gasteiger partial charge is 0.342 e. The number of amides is 1. The number of nitrogens with one attached hydrogen (secondary N) is 1. The predicted molar refractivity (Wildman–Crippen MR) is 102 cm³/mol. The van der Waals surface area contributed by atoms with Gasteiger partial charge in [0.05, 0.1) is 6.54 Å². The summed E-state index contributed by atoms with van der Waals surface area (Å²) >= 11 is 1.60. The van der Waals surface area contributed by atoms with Gasteiger partial charge >= 0.3 is 6.18 Å². The predicted octanol–water partition coefficient (Wildman–Crippen LogP) is 2.28. The Morgan fingerprint density at radius 3 is 2.55 bits per heavy atom. The van der Waals surface area contributed by atoms with Gasteiger partial charge in [-0.3, -0.25) is 4.79 Å². The Kier molecular flexibility index (Phi) is 6.30. The maximum atomic E-state index is 13.1. The molecular formula is C17H22F3N7OS. The molecule has 12 heteroatoms. The molecule has 1 aliphatic heterocycles. The second-order valence-corrected chi connectivity index (χ2v) is 7.79. The molecule has 0 saturated carbocycles. The zero-order valence-corrected chi connectivity index (χ0v) is 17.1. The summed E-state index contributed by atoms with van der Waals surface area (Å²) in [5.41, 5.74) is 1.56. The number of carbonyl (C=O) groups excluding carboxylic acids is 1. The minimum Gasteiger partial charge on any atom is -0.342 e. The molecule has 3 heterocycles. The lowest BCUT2D eigenvalue weighted by atomic mass is 10.1. The fourth-order valence-electron chi connectivity index (χ4n) is 3.22. The highest BCUT2D eigenvalue weighted by Gasteiger charge is 2.40. The molecule has 1 amide bonds. The number of anilines is 1. The van der Waals surface area contributed by atoms with Crippen LogP contribution in [0.15, 0.2) is 6.07 Å². The summed E-state index contributed by atoms with van der Waals surface area (Å²) in [5, 5.41) is 9.99. The molecule has 1 unspecified atom stereocenters. The van der Waals surface area contributed by atoms with Crippen LogP contribution in [0.25, 0.3) is 0 Å². The molecule has 3 rings (SSSR count). The monoisotopic (exact) mass is 429 g/mol. The minimum absolute atomic E-state index is 0.00177. The van der Waals surface area contributed by atoms with E-state index in [0.29, 0.717) is 12.4 Å². The molecule has 0 spiro atoms. The molecule has 0 bridgehead atoms. The van der Waals surface area contributed by atoms with Crippen molar-refractivity contribution in [2.45, 2.75) is 45.6 Å². The van der Waals surface area contributed by atoms with E-state index in [0.717, 1.165) is 21.7 Å². The Labute approximate surface area is 170 Å². The zero-order valence-electron chi connectivity index (χ0n) is 16.3. The van der Waals surface area contributed by atoms with Crippen molar-refractivity contribution in [2.24, 2.45) is 0 Å². The van der Waals surface area contributed by atoms with Crippen molar-refractivity contribution in [2.75, 3.05) is 23.9 Å². The first-order chi connectivity index (χ1) is 13.7. The SMILES string of the molecule is CSCCC(Nc1nc(C)cc(C)n1)C(=O)N1CCn2c(nnc2C(F)(F)F)C1. The molecule has 29 heavy (non-hydrogen) atoms. The molecule has 0 saturated heterocycles. The van der Waals surface area contributed by atoms with Crippen LogP contribution in [0.4, 0.5) is 19.1 Å². The largest absolute Gasteiger partial charge is 0.451 e. The quantitative estimate of drug-likeness (QED) is 0.754. The van der Waals surface area contributed by atoms with E-state index in [9.17, 15) is 18.0 Å². The number of hydrogen-bond acceptors (Lipinski definition) is 7. The third-order valence-electron chi connectivity index (χ3n) is 4.51. The van der Waals surface area contributed by atoms with E-state index >= 15 is 0 Å². The number of carbonyl (C=O) groups is 1. The van der Waals surface area contributed by atoms with Crippen LogP contribution >= 0.6 is 11.8 Å². The van der Waals surface area contributed by atoms with Crippen molar-refractivity contribution in [3.05, 3.63) is 29.1 Å². The lowest BCUT2D eigenvalue weighted by Gasteiger charge is -2.31. The van der Waals surface area contributed by atoms with Gasteiger partial charge in [0.2, 0.25) is 17.7 Å². The number of rotatable bonds is 6. The van der Waals surface area contributed by atoms with Gasteiger partial charge < -0.3 is 14.8 Å². The van der Waals surface area contributed by atoms with Crippen molar-refractivity contribution >= 4 is 23.6 Å². The van der Waals surface area contributed by atoms with Gasteiger partial charge in [-0.15, -0.1) is 10.2 Å². The number of alkyl halides is 3. The minimum atomic E-state index is -4.57. The van der Waals surface area contributed by atoms with Gasteiger partial charge in [-0.25, -0.2) is 9.97 Å². The van der Waals surface area contributed by atoms with E-state index in [1.54, 1.807) is 11.8 Å². The van der Waals surface area contributed by atoms with Crippen LogP contribution < -0.4 is 5.32 Å². The van der Waals surface area contributed by atoms with Gasteiger partial charge in [0.1, 0.15) is 6.04 Å². The average Bonchev–Trinajstić information content (AvgIpc) is 3.07. The van der Waals surface area contributed by atoms with Gasteiger partial charge in [0.25, 0.3) is 0 Å². The molecule has 2 aromatic rings. The Bertz CT molecular complexity index is 866. The fraction of sp³-hybridized carbons (Fsp3) is 0.588. The van der Waals surface area contributed by atoms with Crippen LogP contribution in [0.2, 0.25) is 0 Å². The van der Waals surface area contributed by atoms with E-state index < -0.39 is 18.0 Å². The lowest BCUT2D eigenvalue weighted by Crippen LogP contribution is -2.47. The maximum Gasteiger partial charge on any atom is 0.451 e. The van der Waals surface area contributed by atoms with Crippen LogP contribution in [-0.2, 0) is 24.1 Å². The molecule has 158 valence electrons. The number of thioether (sulfide) groups is 1. The average molecular weight is 429 g/mol. The standard InChI is InChI=1S/C17H22F3N7OS/c1-10-8-11(2)22-16(21-10)23-12(4-7-29-3)14(28)26-5-6-27-13(9-26)24-25-15(27)17(18,19)20/h8,12H,4-7,9H2,1-3H3,(H,21,22,23). The summed E-state index contributed by atoms with van der Waals surface area (Å²) in [6.45, 7) is 3.81. The number of fused-ring (bicyclic) bond motifs is 1. The molecule has 1 N–H and O–H groups in total. The second-order valence-electron chi connectivity index (χ2n) is 6.80. The van der Waals surface area contributed by atoms with Gasteiger partial charge in [-0.2, -0.15) is 24.9 Å². The molecule has 0 aliphatic carbocycles. The number of nitrogens with zero attached hydrogens (tertiary/aromatic N) is 6.